The van der Waals surface area contributed by atoms with Crippen molar-refractivity contribution in [2.75, 3.05) is 23.5 Å². The Morgan fingerprint density at radius 1 is 1.44 bits per heavy atom. The van der Waals surface area contributed by atoms with Gasteiger partial charge in [0, 0.05) is 13.2 Å². The largest absolute Gasteiger partial charge is 0.383 e. The van der Waals surface area contributed by atoms with Gasteiger partial charge >= 0.3 is 0 Å². The van der Waals surface area contributed by atoms with E-state index in [-0.39, 0.29) is 17.3 Å². The maximum atomic E-state index is 7.28. The summed E-state index contributed by atoms with van der Waals surface area (Å²) in [6.07, 6.45) is 6.97. The molecule has 0 aliphatic carbocycles. The monoisotopic (exact) mass is 358 g/mol. The van der Waals surface area contributed by atoms with Gasteiger partial charge in [-0.1, -0.05) is 0 Å². The second-order valence-corrected chi connectivity index (χ2v) is 6.05. The van der Waals surface area contributed by atoms with Crippen LogP contribution in [0.5, 0.6) is 0 Å². The first kappa shape index (κ1) is 16.8. The third-order valence-corrected chi connectivity index (χ3v) is 4.19. The molecule has 1 aliphatic heterocycles. The maximum Gasteiger partial charge on any atom is 0.230 e. The average molecular weight is 358 g/mol. The highest BCUT2D eigenvalue weighted by Gasteiger charge is 2.27. The van der Waals surface area contributed by atoms with Crippen molar-refractivity contribution in [2.45, 2.75) is 5.50 Å². The molecule has 1 atom stereocenters. The lowest BCUT2D eigenvalue weighted by Gasteiger charge is -2.28. The number of rotatable bonds is 3. The van der Waals surface area contributed by atoms with Crippen LogP contribution in [0.15, 0.2) is 40.7 Å². The topological polar surface area (TPSA) is 147 Å². The van der Waals surface area contributed by atoms with Crippen LogP contribution in [0.4, 0.5) is 11.5 Å². The zero-order valence-corrected chi connectivity index (χ0v) is 14.5. The van der Waals surface area contributed by atoms with Gasteiger partial charge in [0.05, 0.1) is 23.6 Å². The number of aromatic nitrogens is 3. The molecule has 0 radical (unpaired) electrons. The highest BCUT2D eigenvalue weighted by Crippen LogP contribution is 2.26. The number of hydrogen-bond donors (Lipinski definition) is 4. The van der Waals surface area contributed by atoms with Crippen molar-refractivity contribution in [3.63, 3.8) is 0 Å². The molecule has 1 aliphatic rings. The van der Waals surface area contributed by atoms with E-state index in [1.54, 1.807) is 23.3 Å². The van der Waals surface area contributed by atoms with Crippen molar-refractivity contribution in [2.24, 2.45) is 21.5 Å². The average Bonchev–Trinajstić information content (AvgIpc) is 3.04. The third-order valence-electron chi connectivity index (χ3n) is 3.52. The second-order valence-electron chi connectivity index (χ2n) is 5.13. The number of aliphatic imine (C=N–C) groups is 2. The number of amidine groups is 1. The van der Waals surface area contributed by atoms with E-state index < -0.39 is 0 Å². The number of nitrogens with zero attached hydrogens (tertiary/aromatic N) is 6. The summed E-state index contributed by atoms with van der Waals surface area (Å²) >= 11 is 1.53. The van der Waals surface area contributed by atoms with Crippen LogP contribution in [0, 0.1) is 5.41 Å². The van der Waals surface area contributed by atoms with Crippen LogP contribution in [0.1, 0.15) is 5.56 Å². The quantitative estimate of drug-likeness (QED) is 0.455. The van der Waals surface area contributed by atoms with Gasteiger partial charge in [-0.2, -0.15) is 14.8 Å². The lowest BCUT2D eigenvalue weighted by molar-refractivity contribution is 0.838. The van der Waals surface area contributed by atoms with Crippen LogP contribution in [0.25, 0.3) is 0 Å². The van der Waals surface area contributed by atoms with Crippen molar-refractivity contribution in [1.29, 1.82) is 5.41 Å². The molecule has 0 bridgehead atoms. The fourth-order valence-corrected chi connectivity index (χ4v) is 2.76. The molecule has 2 aromatic heterocycles. The molecule has 1 unspecified atom stereocenters. The molecule has 0 saturated carbocycles. The van der Waals surface area contributed by atoms with E-state index in [1.165, 1.54) is 11.8 Å². The van der Waals surface area contributed by atoms with Crippen molar-refractivity contribution in [3.8, 4) is 0 Å². The van der Waals surface area contributed by atoms with Gasteiger partial charge in [-0.05, 0) is 18.4 Å². The number of fused-ring (bicyclic) bond motifs is 1. The van der Waals surface area contributed by atoms with E-state index in [0.717, 1.165) is 5.69 Å². The van der Waals surface area contributed by atoms with E-state index in [1.807, 2.05) is 30.3 Å². The SMILES string of the molecule is CSC1N=C(N(C)c2cccnc2)n2ncc(C(N)=NC(=N)N)c2N1. The molecule has 130 valence electrons. The molecule has 0 fully saturated rings. The van der Waals surface area contributed by atoms with Gasteiger partial charge < -0.3 is 21.7 Å². The Morgan fingerprint density at radius 2 is 2.24 bits per heavy atom. The fourth-order valence-electron chi connectivity index (χ4n) is 2.33. The van der Waals surface area contributed by atoms with Crippen LogP contribution >= 0.6 is 11.8 Å². The van der Waals surface area contributed by atoms with E-state index >= 15 is 0 Å². The summed E-state index contributed by atoms with van der Waals surface area (Å²) in [6.45, 7) is 0. The maximum absolute atomic E-state index is 7.28. The number of nitrogens with one attached hydrogen (secondary N) is 2. The molecule has 3 rings (SSSR count). The Bertz CT molecular complexity index is 841. The first-order valence-corrected chi connectivity index (χ1v) is 8.58. The molecular formula is C14H18N10S. The highest BCUT2D eigenvalue weighted by atomic mass is 32.2. The zero-order valence-electron chi connectivity index (χ0n) is 13.7. The van der Waals surface area contributed by atoms with E-state index in [9.17, 15) is 0 Å². The minimum atomic E-state index is -0.365. The normalized spacial score (nSPS) is 16.6. The molecule has 6 N–H and O–H groups in total. The van der Waals surface area contributed by atoms with E-state index in [4.69, 9.17) is 16.9 Å². The molecule has 2 aromatic rings. The molecule has 10 nitrogen and oxygen atoms in total. The summed E-state index contributed by atoms with van der Waals surface area (Å²) in [5, 5.41) is 14.9. The van der Waals surface area contributed by atoms with Crippen LogP contribution in [-0.4, -0.2) is 51.3 Å². The minimum absolute atomic E-state index is 0.117. The number of anilines is 2. The summed E-state index contributed by atoms with van der Waals surface area (Å²) < 4.78 is 1.64. The van der Waals surface area contributed by atoms with Crippen LogP contribution in [0.3, 0.4) is 0 Å². The zero-order chi connectivity index (χ0) is 18.0. The molecule has 0 saturated heterocycles. The summed E-state index contributed by atoms with van der Waals surface area (Å²) in [4.78, 5) is 14.5. The smallest absolute Gasteiger partial charge is 0.230 e. The Hall–Kier alpha value is -3.08. The Kier molecular flexibility index (Phi) is 4.57. The Morgan fingerprint density at radius 3 is 2.88 bits per heavy atom. The summed E-state index contributed by atoms with van der Waals surface area (Å²) in [5.41, 5.74) is 12.5. The van der Waals surface area contributed by atoms with Crippen molar-refractivity contribution in [1.82, 2.24) is 14.8 Å². The van der Waals surface area contributed by atoms with Crippen molar-refractivity contribution < 1.29 is 0 Å². The summed E-state index contributed by atoms with van der Waals surface area (Å²) in [6, 6.07) is 3.79. The lowest BCUT2D eigenvalue weighted by Crippen LogP contribution is -2.40. The van der Waals surface area contributed by atoms with Gasteiger partial charge in [-0.3, -0.25) is 10.4 Å². The first-order valence-electron chi connectivity index (χ1n) is 7.29. The predicted octanol–water partition coefficient (Wildman–Crippen LogP) is 0.289. The van der Waals surface area contributed by atoms with E-state index in [0.29, 0.717) is 17.3 Å². The summed E-state index contributed by atoms with van der Waals surface area (Å²) in [7, 11) is 1.89. The van der Waals surface area contributed by atoms with Gasteiger partial charge in [-0.15, -0.1) is 11.8 Å². The number of thioether (sulfide) groups is 1. The number of guanidine groups is 1. The molecule has 0 amide bonds. The van der Waals surface area contributed by atoms with Crippen LogP contribution < -0.4 is 21.7 Å². The molecule has 25 heavy (non-hydrogen) atoms. The fraction of sp³-hybridized carbons (Fsp3) is 0.214. The van der Waals surface area contributed by atoms with Gasteiger partial charge in [0.15, 0.2) is 5.50 Å². The molecule has 0 aromatic carbocycles. The van der Waals surface area contributed by atoms with E-state index in [2.05, 4.69) is 25.4 Å². The number of hydrogen-bond acceptors (Lipinski definition) is 7. The highest BCUT2D eigenvalue weighted by molar-refractivity contribution is 7.99. The number of nitrogens with two attached hydrogens (primary N) is 2. The van der Waals surface area contributed by atoms with Crippen LogP contribution in [0.2, 0.25) is 0 Å². The third kappa shape index (κ3) is 3.26. The minimum Gasteiger partial charge on any atom is -0.383 e. The second kappa shape index (κ2) is 6.81. The number of pyridine rings is 1. The van der Waals surface area contributed by atoms with Gasteiger partial charge in [-0.25, -0.2) is 4.99 Å². The van der Waals surface area contributed by atoms with Crippen LogP contribution in [-0.2, 0) is 0 Å². The Balaban J connectivity index is 2.06. The van der Waals surface area contributed by atoms with Gasteiger partial charge in [0.1, 0.15) is 11.7 Å². The molecular weight excluding hydrogens is 340 g/mol. The molecule has 11 heteroatoms. The Labute approximate surface area is 148 Å². The molecule has 0 spiro atoms. The summed E-state index contributed by atoms with van der Waals surface area (Å²) in [5.74, 6) is 1.01. The van der Waals surface area contributed by atoms with Gasteiger partial charge in [0.25, 0.3) is 0 Å². The van der Waals surface area contributed by atoms with Crippen molar-refractivity contribution in [3.05, 3.63) is 36.3 Å². The van der Waals surface area contributed by atoms with Crippen molar-refractivity contribution >= 4 is 41.0 Å². The predicted molar refractivity (Wildman–Crippen MR) is 101 cm³/mol. The first-order chi connectivity index (χ1) is 12.0. The van der Waals surface area contributed by atoms with Gasteiger partial charge in [0.2, 0.25) is 11.9 Å². The lowest BCUT2D eigenvalue weighted by atomic mass is 10.3. The molecule has 3 heterocycles. The standard InChI is InChI=1S/C14H18N10S/c1-23(8-4-3-5-18-6-8)14-22-13(25-2)21-11-9(7-19-24(11)14)10(15)20-12(16)17/h3-7,13,21H,1-2H3,(H5,15,16,17,20).